The molecule has 0 aliphatic heterocycles. The number of benzene rings is 1. The van der Waals surface area contributed by atoms with Crippen LogP contribution >= 0.6 is 11.6 Å². The maximum absolute atomic E-state index is 11.7. The van der Waals surface area contributed by atoms with E-state index in [2.05, 4.69) is 6.58 Å². The monoisotopic (exact) mass is 250 g/mol. The van der Waals surface area contributed by atoms with Gasteiger partial charge in [-0.25, -0.2) is 0 Å². The van der Waals surface area contributed by atoms with Gasteiger partial charge in [-0.1, -0.05) is 24.8 Å². The molecule has 0 heterocycles. The van der Waals surface area contributed by atoms with E-state index in [1.54, 1.807) is 12.1 Å². The predicted molar refractivity (Wildman–Crippen MR) is 69.6 cm³/mol. The SMILES string of the molecule is C=CC(=O)c1cccc(C(C)(C)Cl)c1CC=O. The fourth-order valence-electron chi connectivity index (χ4n) is 1.79. The third-order valence-electron chi connectivity index (χ3n) is 2.55. The van der Waals surface area contributed by atoms with E-state index in [4.69, 9.17) is 11.6 Å². The first-order chi connectivity index (χ1) is 7.91. The van der Waals surface area contributed by atoms with Gasteiger partial charge in [-0.05, 0) is 31.1 Å². The van der Waals surface area contributed by atoms with Crippen LogP contribution in [-0.4, -0.2) is 12.1 Å². The van der Waals surface area contributed by atoms with Gasteiger partial charge in [0.05, 0.1) is 4.87 Å². The first kappa shape index (κ1) is 13.7. The molecule has 1 aromatic rings. The summed E-state index contributed by atoms with van der Waals surface area (Å²) in [6.45, 7) is 7.13. The quantitative estimate of drug-likeness (QED) is 0.348. The Kier molecular flexibility index (Phi) is 4.24. The average Bonchev–Trinajstić information content (AvgIpc) is 2.27. The summed E-state index contributed by atoms with van der Waals surface area (Å²) in [6.07, 6.45) is 2.21. The number of aldehydes is 1. The average molecular weight is 251 g/mol. The summed E-state index contributed by atoms with van der Waals surface area (Å²) in [4.78, 5) is 21.8. The molecule has 0 unspecified atom stereocenters. The first-order valence-electron chi connectivity index (χ1n) is 5.33. The van der Waals surface area contributed by atoms with Gasteiger partial charge in [0.1, 0.15) is 6.29 Å². The molecular formula is C14H15ClO2. The Balaban J connectivity index is 3.47. The lowest BCUT2D eigenvalue weighted by Gasteiger charge is -2.21. The van der Waals surface area contributed by atoms with Gasteiger partial charge >= 0.3 is 0 Å². The van der Waals surface area contributed by atoms with Gasteiger partial charge < -0.3 is 4.79 Å². The molecule has 0 radical (unpaired) electrons. The first-order valence-corrected chi connectivity index (χ1v) is 5.71. The van der Waals surface area contributed by atoms with Crippen LogP contribution in [0.1, 0.15) is 35.3 Å². The lowest BCUT2D eigenvalue weighted by atomic mass is 9.89. The van der Waals surface area contributed by atoms with Gasteiger partial charge in [0.2, 0.25) is 0 Å². The van der Waals surface area contributed by atoms with E-state index in [0.29, 0.717) is 11.1 Å². The summed E-state index contributed by atoms with van der Waals surface area (Å²) in [5.41, 5.74) is 1.99. The normalized spacial score (nSPS) is 11.0. The van der Waals surface area contributed by atoms with Crippen LogP contribution in [0.3, 0.4) is 0 Å². The number of carbonyl (C=O) groups is 2. The Labute approximate surface area is 106 Å². The number of ketones is 1. The van der Waals surface area contributed by atoms with Gasteiger partial charge in [-0.2, -0.15) is 0 Å². The molecule has 0 atom stereocenters. The lowest BCUT2D eigenvalue weighted by Crippen LogP contribution is -2.15. The van der Waals surface area contributed by atoms with E-state index in [0.717, 1.165) is 11.8 Å². The maximum atomic E-state index is 11.7. The van der Waals surface area contributed by atoms with Crippen LogP contribution in [0.2, 0.25) is 0 Å². The van der Waals surface area contributed by atoms with Crippen molar-refractivity contribution in [3.63, 3.8) is 0 Å². The maximum Gasteiger partial charge on any atom is 0.185 e. The van der Waals surface area contributed by atoms with E-state index < -0.39 is 4.87 Å². The lowest BCUT2D eigenvalue weighted by molar-refractivity contribution is -0.107. The van der Waals surface area contributed by atoms with Gasteiger partial charge in [-0.3, -0.25) is 4.79 Å². The minimum absolute atomic E-state index is 0.182. The van der Waals surface area contributed by atoms with Crippen LogP contribution in [0.25, 0.3) is 0 Å². The van der Waals surface area contributed by atoms with E-state index in [9.17, 15) is 9.59 Å². The molecule has 90 valence electrons. The number of hydrogen-bond donors (Lipinski definition) is 0. The van der Waals surface area contributed by atoms with Crippen molar-refractivity contribution in [1.82, 2.24) is 0 Å². The number of alkyl halides is 1. The molecule has 1 aromatic carbocycles. The van der Waals surface area contributed by atoms with E-state index in [1.807, 2.05) is 19.9 Å². The second-order valence-electron chi connectivity index (χ2n) is 4.24. The molecule has 0 saturated carbocycles. The molecule has 0 spiro atoms. The van der Waals surface area contributed by atoms with Crippen LogP contribution in [0.4, 0.5) is 0 Å². The molecule has 1 rings (SSSR count). The van der Waals surface area contributed by atoms with Gasteiger partial charge in [-0.15, -0.1) is 11.6 Å². The molecule has 2 nitrogen and oxygen atoms in total. The van der Waals surface area contributed by atoms with Crippen molar-refractivity contribution in [1.29, 1.82) is 0 Å². The minimum Gasteiger partial charge on any atom is -0.303 e. The molecule has 0 aromatic heterocycles. The zero-order valence-electron chi connectivity index (χ0n) is 10.00. The van der Waals surface area contributed by atoms with Gasteiger partial charge in [0.25, 0.3) is 0 Å². The van der Waals surface area contributed by atoms with Crippen LogP contribution in [0.5, 0.6) is 0 Å². The fraction of sp³-hybridized carbons (Fsp3) is 0.286. The highest BCUT2D eigenvalue weighted by molar-refractivity contribution is 6.23. The van der Waals surface area contributed by atoms with Crippen molar-refractivity contribution in [3.05, 3.63) is 47.5 Å². The highest BCUT2D eigenvalue weighted by atomic mass is 35.5. The second kappa shape index (κ2) is 5.28. The van der Waals surface area contributed by atoms with Crippen molar-refractivity contribution in [2.24, 2.45) is 0 Å². The van der Waals surface area contributed by atoms with Crippen LogP contribution in [0.15, 0.2) is 30.9 Å². The highest BCUT2D eigenvalue weighted by Gasteiger charge is 2.23. The second-order valence-corrected chi connectivity index (χ2v) is 5.19. The number of hydrogen-bond acceptors (Lipinski definition) is 2. The smallest absolute Gasteiger partial charge is 0.185 e. The molecule has 0 bridgehead atoms. The van der Waals surface area contributed by atoms with E-state index in [-0.39, 0.29) is 12.2 Å². The van der Waals surface area contributed by atoms with E-state index >= 15 is 0 Å². The summed E-state index contributed by atoms with van der Waals surface area (Å²) in [7, 11) is 0. The molecular weight excluding hydrogens is 236 g/mol. The van der Waals surface area contributed by atoms with Crippen LogP contribution in [-0.2, 0) is 16.1 Å². The third-order valence-corrected chi connectivity index (χ3v) is 2.76. The zero-order chi connectivity index (χ0) is 13.1. The van der Waals surface area contributed by atoms with Crippen LogP contribution in [0, 0.1) is 0 Å². The number of halogens is 1. The topological polar surface area (TPSA) is 34.1 Å². The standard InChI is InChI=1S/C14H15ClO2/c1-4-13(17)11-6-5-7-12(14(2,3)15)10(11)8-9-16/h4-7,9H,1,8H2,2-3H3. The summed E-state index contributed by atoms with van der Waals surface area (Å²) in [5.74, 6) is -0.190. The summed E-state index contributed by atoms with van der Waals surface area (Å²) >= 11 is 6.27. The molecule has 17 heavy (non-hydrogen) atoms. The van der Waals surface area contributed by atoms with Gasteiger partial charge in [0.15, 0.2) is 5.78 Å². The Bertz CT molecular complexity index is 456. The molecule has 0 fully saturated rings. The molecule has 3 heteroatoms. The van der Waals surface area contributed by atoms with Crippen LogP contribution < -0.4 is 0 Å². The summed E-state index contributed by atoms with van der Waals surface area (Å²) in [5, 5.41) is 0. The number of carbonyl (C=O) groups excluding carboxylic acids is 2. The Morgan fingerprint density at radius 3 is 2.59 bits per heavy atom. The fourth-order valence-corrected chi connectivity index (χ4v) is 1.96. The van der Waals surface area contributed by atoms with Gasteiger partial charge in [0, 0.05) is 12.0 Å². The van der Waals surface area contributed by atoms with Crippen molar-refractivity contribution >= 4 is 23.7 Å². The highest BCUT2D eigenvalue weighted by Crippen LogP contribution is 2.32. The molecule has 0 N–H and O–H groups in total. The van der Waals surface area contributed by atoms with Crippen molar-refractivity contribution in [2.75, 3.05) is 0 Å². The Morgan fingerprint density at radius 2 is 2.12 bits per heavy atom. The minimum atomic E-state index is -0.615. The number of rotatable bonds is 5. The number of allylic oxidation sites excluding steroid dienone is 1. The summed E-state index contributed by atoms with van der Waals surface area (Å²) in [6, 6.07) is 5.30. The summed E-state index contributed by atoms with van der Waals surface area (Å²) < 4.78 is 0. The molecule has 0 aliphatic rings. The van der Waals surface area contributed by atoms with E-state index in [1.165, 1.54) is 6.08 Å². The third kappa shape index (κ3) is 3.04. The van der Waals surface area contributed by atoms with Crippen molar-refractivity contribution < 1.29 is 9.59 Å². The van der Waals surface area contributed by atoms with Crippen molar-refractivity contribution in [2.45, 2.75) is 25.1 Å². The van der Waals surface area contributed by atoms with Crippen molar-refractivity contribution in [3.8, 4) is 0 Å². The molecule has 0 aliphatic carbocycles. The largest absolute Gasteiger partial charge is 0.303 e. The molecule has 0 saturated heterocycles. The predicted octanol–water partition coefficient (Wildman–Crippen LogP) is 3.27. The zero-order valence-corrected chi connectivity index (χ0v) is 10.8. The Hall–Kier alpha value is -1.41. The Morgan fingerprint density at radius 1 is 1.47 bits per heavy atom. The molecule has 0 amide bonds.